The van der Waals surface area contributed by atoms with Gasteiger partial charge in [0.25, 0.3) is 0 Å². The molecule has 1 atom stereocenters. The molecule has 0 unspecified atom stereocenters. The summed E-state index contributed by atoms with van der Waals surface area (Å²) in [6, 6.07) is 8.33. The smallest absolute Gasteiger partial charge is 0.235 e. The van der Waals surface area contributed by atoms with Gasteiger partial charge in [0, 0.05) is 18.5 Å². The monoisotopic (exact) mass is 221 g/mol. The van der Waals surface area contributed by atoms with Crippen LogP contribution in [-0.2, 0) is 4.79 Å². The Balaban J connectivity index is 2.06. The van der Waals surface area contributed by atoms with Crippen molar-refractivity contribution in [2.24, 2.45) is 0 Å². The van der Waals surface area contributed by atoms with Crippen LogP contribution in [0.25, 0.3) is 0 Å². The minimum absolute atomic E-state index is 0.122. The Bertz CT molecular complexity index is 378. The molecule has 1 aliphatic rings. The largest absolute Gasteiger partial charge is 0.345 e. The third-order valence-electron chi connectivity index (χ3n) is 2.65. The average molecular weight is 221 g/mol. The Kier molecular flexibility index (Phi) is 3.00. The zero-order chi connectivity index (χ0) is 10.8. The number of hydrogen-bond donors (Lipinski definition) is 0. The second kappa shape index (κ2) is 4.27. The van der Waals surface area contributed by atoms with Crippen LogP contribution in [0.5, 0.6) is 0 Å². The van der Waals surface area contributed by atoms with Gasteiger partial charge in [-0.05, 0) is 25.5 Å². The summed E-state index contributed by atoms with van der Waals surface area (Å²) in [5.74, 6) is 0.265. The fourth-order valence-corrected chi connectivity index (χ4v) is 3.00. The van der Waals surface area contributed by atoms with Crippen LogP contribution in [0.3, 0.4) is 0 Å². The van der Waals surface area contributed by atoms with E-state index >= 15 is 0 Å². The van der Waals surface area contributed by atoms with E-state index in [0.29, 0.717) is 0 Å². The first-order valence-corrected chi connectivity index (χ1v) is 6.03. The first-order chi connectivity index (χ1) is 7.16. The number of carbonyl (C=O) groups is 1. The predicted molar refractivity (Wildman–Crippen MR) is 63.1 cm³/mol. The summed E-state index contributed by atoms with van der Waals surface area (Å²) >= 11 is 1.69. The lowest BCUT2D eigenvalue weighted by molar-refractivity contribution is -0.126. The molecule has 0 aromatic heterocycles. The van der Waals surface area contributed by atoms with Gasteiger partial charge < -0.3 is 4.90 Å². The second-order valence-electron chi connectivity index (χ2n) is 3.97. The van der Waals surface area contributed by atoms with Crippen LogP contribution in [0.4, 0.5) is 0 Å². The lowest BCUT2D eigenvalue weighted by Crippen LogP contribution is -2.23. The third-order valence-corrected chi connectivity index (χ3v) is 3.89. The summed E-state index contributed by atoms with van der Waals surface area (Å²) in [5, 5.41) is 0.122. The van der Waals surface area contributed by atoms with Crippen LogP contribution in [0.1, 0.15) is 12.0 Å². The molecule has 0 bridgehead atoms. The summed E-state index contributed by atoms with van der Waals surface area (Å²) < 4.78 is 0. The summed E-state index contributed by atoms with van der Waals surface area (Å²) in [4.78, 5) is 14.7. The molecule has 1 aromatic carbocycles. The predicted octanol–water partition coefficient (Wildman–Crippen LogP) is 2.32. The van der Waals surface area contributed by atoms with E-state index in [1.165, 1.54) is 10.5 Å². The van der Waals surface area contributed by atoms with Gasteiger partial charge in [0.2, 0.25) is 5.91 Å². The molecule has 1 saturated heterocycles. The van der Waals surface area contributed by atoms with Gasteiger partial charge in [0.1, 0.15) is 0 Å². The van der Waals surface area contributed by atoms with Gasteiger partial charge in [-0.2, -0.15) is 0 Å². The Morgan fingerprint density at radius 1 is 1.47 bits per heavy atom. The molecule has 0 spiro atoms. The minimum Gasteiger partial charge on any atom is -0.345 e. The Morgan fingerprint density at radius 3 is 2.87 bits per heavy atom. The lowest BCUT2D eigenvalue weighted by atomic mass is 10.2. The highest BCUT2D eigenvalue weighted by molar-refractivity contribution is 8.00. The zero-order valence-corrected chi connectivity index (χ0v) is 9.88. The molecule has 15 heavy (non-hydrogen) atoms. The molecule has 1 amide bonds. The Morgan fingerprint density at radius 2 is 2.27 bits per heavy atom. The van der Waals surface area contributed by atoms with Crippen LogP contribution < -0.4 is 0 Å². The molecule has 1 heterocycles. The van der Waals surface area contributed by atoms with Crippen molar-refractivity contribution in [1.82, 2.24) is 4.90 Å². The first-order valence-electron chi connectivity index (χ1n) is 5.15. The molecular formula is C12H15NOS. The number of likely N-dealkylation sites (tertiary alicyclic amines) is 1. The summed E-state index contributed by atoms with van der Waals surface area (Å²) in [7, 11) is 1.87. The number of benzene rings is 1. The number of amides is 1. The van der Waals surface area contributed by atoms with Crippen LogP contribution in [0, 0.1) is 6.92 Å². The molecule has 80 valence electrons. The van der Waals surface area contributed by atoms with Crippen molar-refractivity contribution >= 4 is 17.7 Å². The van der Waals surface area contributed by atoms with Gasteiger partial charge >= 0.3 is 0 Å². The molecule has 0 saturated carbocycles. The van der Waals surface area contributed by atoms with Crippen molar-refractivity contribution in [2.45, 2.75) is 23.5 Å². The van der Waals surface area contributed by atoms with Gasteiger partial charge in [-0.3, -0.25) is 4.79 Å². The molecule has 1 aliphatic heterocycles. The highest BCUT2D eigenvalue weighted by atomic mass is 32.2. The van der Waals surface area contributed by atoms with Crippen molar-refractivity contribution in [3.05, 3.63) is 29.8 Å². The summed E-state index contributed by atoms with van der Waals surface area (Å²) in [6.07, 6.45) is 0.966. The summed E-state index contributed by atoms with van der Waals surface area (Å²) in [6.45, 7) is 2.97. The van der Waals surface area contributed by atoms with Gasteiger partial charge in [0.05, 0.1) is 5.25 Å². The van der Waals surface area contributed by atoms with Crippen molar-refractivity contribution in [3.63, 3.8) is 0 Å². The van der Waals surface area contributed by atoms with Gasteiger partial charge in [0.15, 0.2) is 0 Å². The van der Waals surface area contributed by atoms with Crippen LogP contribution in [-0.4, -0.2) is 29.6 Å². The lowest BCUT2D eigenvalue weighted by Gasteiger charge is -2.10. The summed E-state index contributed by atoms with van der Waals surface area (Å²) in [5.41, 5.74) is 1.25. The van der Waals surface area contributed by atoms with Crippen LogP contribution in [0.15, 0.2) is 29.2 Å². The molecule has 2 nitrogen and oxygen atoms in total. The quantitative estimate of drug-likeness (QED) is 0.764. The van der Waals surface area contributed by atoms with Gasteiger partial charge in [-0.15, -0.1) is 11.8 Å². The van der Waals surface area contributed by atoms with E-state index in [0.717, 1.165) is 13.0 Å². The van der Waals surface area contributed by atoms with E-state index in [-0.39, 0.29) is 11.2 Å². The topological polar surface area (TPSA) is 20.3 Å². The molecule has 1 aromatic rings. The Hall–Kier alpha value is -0.960. The minimum atomic E-state index is 0.122. The molecule has 0 N–H and O–H groups in total. The highest BCUT2D eigenvalue weighted by Gasteiger charge is 2.29. The Labute approximate surface area is 94.7 Å². The van der Waals surface area contributed by atoms with E-state index < -0.39 is 0 Å². The SMILES string of the molecule is Cc1cccc(S[C@@H]2CCN(C)C2=O)c1. The van der Waals surface area contributed by atoms with Crippen molar-refractivity contribution in [3.8, 4) is 0 Å². The number of aryl methyl sites for hydroxylation is 1. The zero-order valence-electron chi connectivity index (χ0n) is 9.06. The van der Waals surface area contributed by atoms with E-state index in [1.54, 1.807) is 11.8 Å². The van der Waals surface area contributed by atoms with Crippen LogP contribution in [0.2, 0.25) is 0 Å². The molecule has 3 heteroatoms. The third kappa shape index (κ3) is 2.34. The van der Waals surface area contributed by atoms with E-state index in [2.05, 4.69) is 25.1 Å². The molecule has 0 radical (unpaired) electrons. The number of hydrogen-bond acceptors (Lipinski definition) is 2. The second-order valence-corrected chi connectivity index (χ2v) is 5.25. The van der Waals surface area contributed by atoms with E-state index in [9.17, 15) is 4.79 Å². The maximum atomic E-state index is 11.7. The molecule has 0 aliphatic carbocycles. The van der Waals surface area contributed by atoms with Gasteiger partial charge in [-0.25, -0.2) is 0 Å². The number of rotatable bonds is 2. The van der Waals surface area contributed by atoms with Crippen molar-refractivity contribution in [1.29, 1.82) is 0 Å². The first kappa shape index (κ1) is 10.6. The van der Waals surface area contributed by atoms with Crippen LogP contribution >= 0.6 is 11.8 Å². The molecule has 2 rings (SSSR count). The average Bonchev–Trinajstić information content (AvgIpc) is 2.50. The fourth-order valence-electron chi connectivity index (χ4n) is 1.75. The van der Waals surface area contributed by atoms with E-state index in [1.807, 2.05) is 18.0 Å². The maximum Gasteiger partial charge on any atom is 0.235 e. The number of thioether (sulfide) groups is 1. The van der Waals surface area contributed by atoms with Crippen molar-refractivity contribution in [2.75, 3.05) is 13.6 Å². The number of nitrogens with zero attached hydrogens (tertiary/aromatic N) is 1. The van der Waals surface area contributed by atoms with Crippen molar-refractivity contribution < 1.29 is 4.79 Å². The van der Waals surface area contributed by atoms with E-state index in [4.69, 9.17) is 0 Å². The highest BCUT2D eigenvalue weighted by Crippen LogP contribution is 2.30. The molecule has 1 fully saturated rings. The maximum absolute atomic E-state index is 11.7. The fraction of sp³-hybridized carbons (Fsp3) is 0.417. The normalized spacial score (nSPS) is 21.1. The molecular weight excluding hydrogens is 206 g/mol. The standard InChI is InChI=1S/C12H15NOS/c1-9-4-3-5-10(8-9)15-11-6-7-13(2)12(11)14/h3-5,8,11H,6-7H2,1-2H3/t11-/m1/s1. The van der Waals surface area contributed by atoms with Gasteiger partial charge in [-0.1, -0.05) is 17.7 Å². The number of carbonyl (C=O) groups excluding carboxylic acids is 1.